The molecular formula is C13H13FO4. The smallest absolute Gasteiger partial charge is 0.328 e. The first kappa shape index (κ1) is 12.6. The van der Waals surface area contributed by atoms with Gasteiger partial charge in [0.1, 0.15) is 6.10 Å². The van der Waals surface area contributed by atoms with E-state index >= 15 is 0 Å². The van der Waals surface area contributed by atoms with Gasteiger partial charge in [-0.05, 0) is 12.1 Å². The standard InChI is InChI=1S/C13H13FO4/c14-11-3-1-2-9(4-5-12(15)16)13(11)18-10-6-7-17-8-10/h1-5,10H,6-8H2,(H,15,16)/b5-4+. The van der Waals surface area contributed by atoms with E-state index in [4.69, 9.17) is 14.6 Å². The maximum Gasteiger partial charge on any atom is 0.328 e. The Bertz CT molecular complexity index is 464. The van der Waals surface area contributed by atoms with Crippen LogP contribution in [0.5, 0.6) is 5.75 Å². The summed E-state index contributed by atoms with van der Waals surface area (Å²) in [6, 6.07) is 4.39. The summed E-state index contributed by atoms with van der Waals surface area (Å²) < 4.78 is 24.4. The van der Waals surface area contributed by atoms with Crippen LogP contribution in [0.2, 0.25) is 0 Å². The zero-order chi connectivity index (χ0) is 13.0. The second-order valence-electron chi connectivity index (χ2n) is 3.93. The fraction of sp³-hybridized carbons (Fsp3) is 0.308. The van der Waals surface area contributed by atoms with Gasteiger partial charge in [-0.15, -0.1) is 0 Å². The molecule has 0 aliphatic carbocycles. The number of halogens is 1. The van der Waals surface area contributed by atoms with Crippen molar-refractivity contribution in [2.45, 2.75) is 12.5 Å². The van der Waals surface area contributed by atoms with Gasteiger partial charge in [-0.25, -0.2) is 9.18 Å². The largest absolute Gasteiger partial charge is 0.484 e. The number of carbonyl (C=O) groups is 1. The molecule has 1 aliphatic heterocycles. The molecule has 1 aromatic rings. The molecule has 0 radical (unpaired) electrons. The van der Waals surface area contributed by atoms with Gasteiger partial charge < -0.3 is 14.6 Å². The average Bonchev–Trinajstić information content (AvgIpc) is 2.82. The average molecular weight is 252 g/mol. The third-order valence-corrected chi connectivity index (χ3v) is 2.58. The van der Waals surface area contributed by atoms with Crippen LogP contribution in [0.3, 0.4) is 0 Å². The number of carboxylic acids is 1. The van der Waals surface area contributed by atoms with Crippen LogP contribution in [-0.4, -0.2) is 30.4 Å². The van der Waals surface area contributed by atoms with Gasteiger partial charge in [-0.3, -0.25) is 0 Å². The van der Waals surface area contributed by atoms with Crippen LogP contribution in [0.25, 0.3) is 6.08 Å². The molecule has 4 nitrogen and oxygen atoms in total. The van der Waals surface area contributed by atoms with E-state index < -0.39 is 11.8 Å². The second kappa shape index (κ2) is 5.64. The van der Waals surface area contributed by atoms with Crippen molar-refractivity contribution in [3.05, 3.63) is 35.7 Å². The second-order valence-corrected chi connectivity index (χ2v) is 3.93. The van der Waals surface area contributed by atoms with Gasteiger partial charge in [0.25, 0.3) is 0 Å². The minimum absolute atomic E-state index is 0.0745. The van der Waals surface area contributed by atoms with Crippen molar-refractivity contribution in [1.82, 2.24) is 0 Å². The zero-order valence-corrected chi connectivity index (χ0v) is 9.64. The Hall–Kier alpha value is -1.88. The quantitative estimate of drug-likeness (QED) is 0.834. The monoisotopic (exact) mass is 252 g/mol. The molecule has 1 heterocycles. The molecule has 0 saturated carbocycles. The molecule has 1 saturated heterocycles. The first-order valence-electron chi connectivity index (χ1n) is 5.61. The van der Waals surface area contributed by atoms with E-state index in [1.165, 1.54) is 18.2 Å². The number of aliphatic carboxylic acids is 1. The summed E-state index contributed by atoms with van der Waals surface area (Å²) in [5.74, 6) is -1.52. The highest BCUT2D eigenvalue weighted by Gasteiger charge is 2.20. The van der Waals surface area contributed by atoms with Crippen molar-refractivity contribution in [3.63, 3.8) is 0 Å². The summed E-state index contributed by atoms with van der Waals surface area (Å²) in [6.07, 6.45) is 2.79. The third kappa shape index (κ3) is 3.07. The van der Waals surface area contributed by atoms with E-state index in [1.54, 1.807) is 6.07 Å². The summed E-state index contributed by atoms with van der Waals surface area (Å²) in [7, 11) is 0. The Morgan fingerprint density at radius 1 is 1.56 bits per heavy atom. The lowest BCUT2D eigenvalue weighted by molar-refractivity contribution is -0.131. The predicted octanol–water partition coefficient (Wildman–Crippen LogP) is 2.09. The van der Waals surface area contributed by atoms with Gasteiger partial charge in [0, 0.05) is 18.1 Å². The number of rotatable bonds is 4. The van der Waals surface area contributed by atoms with Crippen molar-refractivity contribution in [2.75, 3.05) is 13.2 Å². The van der Waals surface area contributed by atoms with Crippen LogP contribution in [0.15, 0.2) is 24.3 Å². The van der Waals surface area contributed by atoms with Crippen LogP contribution >= 0.6 is 0 Å². The lowest BCUT2D eigenvalue weighted by Crippen LogP contribution is -2.17. The molecule has 1 unspecified atom stereocenters. The Morgan fingerprint density at radius 2 is 2.39 bits per heavy atom. The van der Waals surface area contributed by atoms with Gasteiger partial charge >= 0.3 is 5.97 Å². The summed E-state index contributed by atoms with van der Waals surface area (Å²) in [4.78, 5) is 10.5. The van der Waals surface area contributed by atoms with E-state index in [2.05, 4.69) is 0 Å². The molecule has 1 aromatic carbocycles. The first-order valence-corrected chi connectivity index (χ1v) is 5.61. The van der Waals surface area contributed by atoms with Crippen molar-refractivity contribution in [1.29, 1.82) is 0 Å². The van der Waals surface area contributed by atoms with E-state index in [-0.39, 0.29) is 11.9 Å². The fourth-order valence-corrected chi connectivity index (χ4v) is 1.71. The maximum absolute atomic E-state index is 13.7. The molecule has 1 fully saturated rings. The molecule has 1 atom stereocenters. The highest BCUT2D eigenvalue weighted by atomic mass is 19.1. The van der Waals surface area contributed by atoms with Crippen molar-refractivity contribution in [2.24, 2.45) is 0 Å². The molecule has 1 aliphatic rings. The lowest BCUT2D eigenvalue weighted by atomic mass is 10.1. The molecule has 0 aromatic heterocycles. The first-order chi connectivity index (χ1) is 8.66. The molecule has 0 amide bonds. The number of benzene rings is 1. The summed E-state index contributed by atoms with van der Waals surface area (Å²) in [5.41, 5.74) is 0.407. The summed E-state index contributed by atoms with van der Waals surface area (Å²) in [5, 5.41) is 8.58. The fourth-order valence-electron chi connectivity index (χ4n) is 1.71. The molecule has 0 spiro atoms. The normalized spacial score (nSPS) is 19.3. The van der Waals surface area contributed by atoms with E-state index in [0.29, 0.717) is 25.2 Å². The van der Waals surface area contributed by atoms with Gasteiger partial charge in [-0.2, -0.15) is 0 Å². The van der Waals surface area contributed by atoms with Crippen LogP contribution in [-0.2, 0) is 9.53 Å². The highest BCUT2D eigenvalue weighted by Crippen LogP contribution is 2.26. The SMILES string of the molecule is O=C(O)/C=C/c1cccc(F)c1OC1CCOC1. The number of para-hydroxylation sites is 1. The number of hydrogen-bond donors (Lipinski definition) is 1. The molecule has 5 heteroatoms. The molecule has 1 N–H and O–H groups in total. The molecule has 2 rings (SSSR count). The Morgan fingerprint density at radius 3 is 3.06 bits per heavy atom. The van der Waals surface area contributed by atoms with Crippen LogP contribution < -0.4 is 4.74 Å². The zero-order valence-electron chi connectivity index (χ0n) is 9.64. The van der Waals surface area contributed by atoms with E-state index in [1.807, 2.05) is 0 Å². The Labute approximate surface area is 104 Å². The molecule has 0 bridgehead atoms. The van der Waals surface area contributed by atoms with Crippen molar-refractivity contribution >= 4 is 12.0 Å². The summed E-state index contributed by atoms with van der Waals surface area (Å²) >= 11 is 0. The van der Waals surface area contributed by atoms with Gasteiger partial charge in [-0.1, -0.05) is 12.1 Å². The van der Waals surface area contributed by atoms with Crippen LogP contribution in [0.4, 0.5) is 4.39 Å². The summed E-state index contributed by atoms with van der Waals surface area (Å²) in [6.45, 7) is 1.02. The Kier molecular flexibility index (Phi) is 3.94. The van der Waals surface area contributed by atoms with Crippen molar-refractivity contribution < 1.29 is 23.8 Å². The van der Waals surface area contributed by atoms with Gasteiger partial charge in [0.05, 0.1) is 13.2 Å². The van der Waals surface area contributed by atoms with Crippen LogP contribution in [0, 0.1) is 5.82 Å². The van der Waals surface area contributed by atoms with E-state index in [9.17, 15) is 9.18 Å². The molecule has 96 valence electrons. The van der Waals surface area contributed by atoms with Crippen LogP contribution in [0.1, 0.15) is 12.0 Å². The maximum atomic E-state index is 13.7. The minimum Gasteiger partial charge on any atom is -0.484 e. The van der Waals surface area contributed by atoms with E-state index in [0.717, 1.165) is 6.08 Å². The van der Waals surface area contributed by atoms with Gasteiger partial charge in [0.15, 0.2) is 11.6 Å². The minimum atomic E-state index is -1.09. The highest BCUT2D eigenvalue weighted by molar-refractivity contribution is 5.85. The number of hydrogen-bond acceptors (Lipinski definition) is 3. The number of ether oxygens (including phenoxy) is 2. The van der Waals surface area contributed by atoms with Gasteiger partial charge in [0.2, 0.25) is 0 Å². The Balaban J connectivity index is 2.22. The molecular weight excluding hydrogens is 239 g/mol. The third-order valence-electron chi connectivity index (χ3n) is 2.58. The number of carboxylic acid groups (broad SMARTS) is 1. The lowest BCUT2D eigenvalue weighted by Gasteiger charge is -2.14. The molecule has 18 heavy (non-hydrogen) atoms. The van der Waals surface area contributed by atoms with Crippen molar-refractivity contribution in [3.8, 4) is 5.75 Å². The predicted molar refractivity (Wildman–Crippen MR) is 62.9 cm³/mol. The topological polar surface area (TPSA) is 55.8 Å².